The van der Waals surface area contributed by atoms with Crippen molar-refractivity contribution in [2.24, 2.45) is 0 Å². The van der Waals surface area contributed by atoms with Gasteiger partial charge in [0, 0.05) is 30.1 Å². The summed E-state index contributed by atoms with van der Waals surface area (Å²) in [5, 5.41) is 20.5. The molecule has 0 radical (unpaired) electrons. The van der Waals surface area contributed by atoms with Crippen LogP contribution in [0.2, 0.25) is 0 Å². The van der Waals surface area contributed by atoms with E-state index in [0.717, 1.165) is 47.1 Å². The molecule has 3 rings (SSSR count). The molecule has 7 nitrogen and oxygen atoms in total. The predicted molar refractivity (Wildman–Crippen MR) is 113 cm³/mol. The molecule has 0 saturated heterocycles. The van der Waals surface area contributed by atoms with Crippen molar-refractivity contribution in [3.8, 4) is 5.75 Å². The molecule has 1 aromatic carbocycles. The van der Waals surface area contributed by atoms with Crippen molar-refractivity contribution >= 4 is 17.2 Å². The number of nitrogens with one attached hydrogen (secondary N) is 2. The van der Waals surface area contributed by atoms with Crippen LogP contribution < -0.4 is 15.4 Å². The molecule has 2 aromatic heterocycles. The van der Waals surface area contributed by atoms with E-state index in [9.17, 15) is 0 Å². The van der Waals surface area contributed by atoms with Gasteiger partial charge in [0.15, 0.2) is 5.82 Å². The summed E-state index contributed by atoms with van der Waals surface area (Å²) >= 11 is 0. The Hall–Kier alpha value is -2.83. The maximum atomic E-state index is 5.46. The standard InChI is InChI=1S/C21H30N6O/c1-6-16(7-2)23-19-12-17(21-25-24-20(14(3)4)27(21)26-19)22-13-15-10-8-9-11-18(15)28-5/h8-12,14,16,22H,6-7,13H2,1-5H3,(H,23,26). The third-order valence-electron chi connectivity index (χ3n) is 4.91. The van der Waals surface area contributed by atoms with Gasteiger partial charge in [-0.05, 0) is 18.9 Å². The average Bonchev–Trinajstić information content (AvgIpc) is 3.14. The Bertz CT molecular complexity index is 916. The number of nitrogens with zero attached hydrogens (tertiary/aromatic N) is 4. The van der Waals surface area contributed by atoms with Crippen molar-refractivity contribution in [1.82, 2.24) is 19.8 Å². The number of fused-ring (bicyclic) bond motifs is 1. The molecule has 2 N–H and O–H groups in total. The molecule has 0 spiro atoms. The van der Waals surface area contributed by atoms with Gasteiger partial charge < -0.3 is 15.4 Å². The highest BCUT2D eigenvalue weighted by Crippen LogP contribution is 2.25. The summed E-state index contributed by atoms with van der Waals surface area (Å²) in [6.07, 6.45) is 2.08. The monoisotopic (exact) mass is 382 g/mol. The van der Waals surface area contributed by atoms with Crippen molar-refractivity contribution in [3.63, 3.8) is 0 Å². The zero-order valence-corrected chi connectivity index (χ0v) is 17.4. The number of para-hydroxylation sites is 1. The summed E-state index contributed by atoms with van der Waals surface area (Å²) < 4.78 is 7.31. The topological polar surface area (TPSA) is 76.4 Å². The number of aromatic nitrogens is 4. The quantitative estimate of drug-likeness (QED) is 0.569. The molecule has 0 saturated carbocycles. The highest BCUT2D eigenvalue weighted by Gasteiger charge is 2.16. The Labute approximate surface area is 166 Å². The third-order valence-corrected chi connectivity index (χ3v) is 4.91. The number of rotatable bonds is 9. The molecule has 0 aliphatic rings. The summed E-state index contributed by atoms with van der Waals surface area (Å²) in [4.78, 5) is 0. The number of ether oxygens (including phenoxy) is 1. The van der Waals surface area contributed by atoms with Gasteiger partial charge in [0.1, 0.15) is 11.6 Å². The van der Waals surface area contributed by atoms with Crippen molar-refractivity contribution < 1.29 is 4.74 Å². The van der Waals surface area contributed by atoms with E-state index in [2.05, 4.69) is 54.6 Å². The molecule has 2 heterocycles. The molecular weight excluding hydrogens is 352 g/mol. The molecule has 0 amide bonds. The van der Waals surface area contributed by atoms with E-state index in [0.29, 0.717) is 12.6 Å². The SMILES string of the molecule is CCC(CC)Nc1cc(NCc2ccccc2OC)c2nnc(C(C)C)n2n1. The first-order valence-electron chi connectivity index (χ1n) is 9.95. The van der Waals surface area contributed by atoms with Crippen molar-refractivity contribution in [3.05, 3.63) is 41.7 Å². The minimum absolute atomic E-state index is 0.230. The Morgan fingerprint density at radius 1 is 1.11 bits per heavy atom. The molecule has 3 aromatic rings. The number of benzene rings is 1. The van der Waals surface area contributed by atoms with E-state index < -0.39 is 0 Å². The molecule has 0 atom stereocenters. The number of hydrogen-bond acceptors (Lipinski definition) is 6. The lowest BCUT2D eigenvalue weighted by atomic mass is 10.2. The van der Waals surface area contributed by atoms with E-state index in [1.807, 2.05) is 28.8 Å². The van der Waals surface area contributed by atoms with E-state index in [1.54, 1.807) is 7.11 Å². The van der Waals surface area contributed by atoms with Gasteiger partial charge in [-0.25, -0.2) is 0 Å². The largest absolute Gasteiger partial charge is 0.496 e. The lowest BCUT2D eigenvalue weighted by Crippen LogP contribution is -2.19. The Kier molecular flexibility index (Phi) is 6.34. The second-order valence-corrected chi connectivity index (χ2v) is 7.21. The summed E-state index contributed by atoms with van der Waals surface area (Å²) in [5.41, 5.74) is 2.71. The predicted octanol–water partition coefficient (Wildman–Crippen LogP) is 4.47. The van der Waals surface area contributed by atoms with Gasteiger partial charge in [0.2, 0.25) is 5.65 Å². The highest BCUT2D eigenvalue weighted by molar-refractivity contribution is 5.70. The maximum absolute atomic E-state index is 5.46. The molecule has 0 unspecified atom stereocenters. The fraction of sp³-hybridized carbons (Fsp3) is 0.476. The lowest BCUT2D eigenvalue weighted by molar-refractivity contribution is 0.410. The normalized spacial score (nSPS) is 11.4. The van der Waals surface area contributed by atoms with Crippen LogP contribution in [0.3, 0.4) is 0 Å². The van der Waals surface area contributed by atoms with Gasteiger partial charge in [0.25, 0.3) is 0 Å². The first-order chi connectivity index (χ1) is 13.6. The lowest BCUT2D eigenvalue weighted by Gasteiger charge is -2.17. The maximum Gasteiger partial charge on any atom is 0.201 e. The molecule has 0 aliphatic heterocycles. The number of anilines is 2. The Balaban J connectivity index is 1.97. The molecule has 0 fully saturated rings. The highest BCUT2D eigenvalue weighted by atomic mass is 16.5. The first-order valence-corrected chi connectivity index (χ1v) is 9.95. The summed E-state index contributed by atoms with van der Waals surface area (Å²) in [6.45, 7) is 9.18. The first kappa shape index (κ1) is 19.9. The van der Waals surface area contributed by atoms with Crippen molar-refractivity contribution in [2.75, 3.05) is 17.7 Å². The van der Waals surface area contributed by atoms with Gasteiger partial charge in [-0.1, -0.05) is 45.9 Å². The molecule has 7 heteroatoms. The van der Waals surface area contributed by atoms with Crippen LogP contribution in [0.5, 0.6) is 5.75 Å². The van der Waals surface area contributed by atoms with E-state index in [-0.39, 0.29) is 5.92 Å². The number of hydrogen-bond donors (Lipinski definition) is 2. The fourth-order valence-electron chi connectivity index (χ4n) is 3.20. The van der Waals surface area contributed by atoms with E-state index in [4.69, 9.17) is 9.84 Å². The van der Waals surface area contributed by atoms with Crippen LogP contribution in [-0.4, -0.2) is 33.0 Å². The molecular formula is C21H30N6O. The summed E-state index contributed by atoms with van der Waals surface area (Å²) in [6, 6.07) is 10.4. The Morgan fingerprint density at radius 2 is 1.86 bits per heavy atom. The van der Waals surface area contributed by atoms with Crippen LogP contribution in [0, 0.1) is 0 Å². The Morgan fingerprint density at radius 3 is 2.54 bits per heavy atom. The zero-order valence-electron chi connectivity index (χ0n) is 17.4. The van der Waals surface area contributed by atoms with Crippen LogP contribution in [0.1, 0.15) is 57.8 Å². The summed E-state index contributed by atoms with van der Waals surface area (Å²) in [7, 11) is 1.69. The van der Waals surface area contributed by atoms with Crippen LogP contribution >= 0.6 is 0 Å². The fourth-order valence-corrected chi connectivity index (χ4v) is 3.20. The van der Waals surface area contributed by atoms with Gasteiger partial charge in [-0.3, -0.25) is 0 Å². The molecule has 0 aliphatic carbocycles. The van der Waals surface area contributed by atoms with E-state index >= 15 is 0 Å². The summed E-state index contributed by atoms with van der Waals surface area (Å²) in [5.74, 6) is 2.77. The van der Waals surface area contributed by atoms with Gasteiger partial charge in [-0.2, -0.15) is 4.52 Å². The average molecular weight is 383 g/mol. The van der Waals surface area contributed by atoms with Crippen LogP contribution in [0.25, 0.3) is 5.65 Å². The van der Waals surface area contributed by atoms with Gasteiger partial charge in [0.05, 0.1) is 12.8 Å². The second kappa shape index (κ2) is 8.91. The molecule has 0 bridgehead atoms. The zero-order chi connectivity index (χ0) is 20.1. The van der Waals surface area contributed by atoms with E-state index in [1.165, 1.54) is 0 Å². The van der Waals surface area contributed by atoms with Crippen molar-refractivity contribution in [1.29, 1.82) is 0 Å². The third kappa shape index (κ3) is 4.18. The van der Waals surface area contributed by atoms with Crippen LogP contribution in [0.15, 0.2) is 30.3 Å². The molecule has 150 valence electrons. The second-order valence-electron chi connectivity index (χ2n) is 7.21. The van der Waals surface area contributed by atoms with Crippen molar-refractivity contribution in [2.45, 2.75) is 59.0 Å². The minimum atomic E-state index is 0.230. The van der Waals surface area contributed by atoms with Crippen LogP contribution in [-0.2, 0) is 6.54 Å². The molecule has 28 heavy (non-hydrogen) atoms. The van der Waals surface area contributed by atoms with Crippen LogP contribution in [0.4, 0.5) is 11.5 Å². The minimum Gasteiger partial charge on any atom is -0.496 e. The van der Waals surface area contributed by atoms with Gasteiger partial charge in [-0.15, -0.1) is 15.3 Å². The smallest absolute Gasteiger partial charge is 0.201 e. The number of methoxy groups -OCH3 is 1. The van der Waals surface area contributed by atoms with Gasteiger partial charge >= 0.3 is 0 Å².